The van der Waals surface area contributed by atoms with Gasteiger partial charge >= 0.3 is 0 Å². The van der Waals surface area contributed by atoms with Crippen molar-refractivity contribution < 1.29 is 4.79 Å². The predicted octanol–water partition coefficient (Wildman–Crippen LogP) is 3.44. The first kappa shape index (κ1) is 18.9. The highest BCUT2D eigenvalue weighted by Gasteiger charge is 2.23. The molecule has 1 fully saturated rings. The maximum Gasteiger partial charge on any atom is 0.246 e. The molecule has 0 saturated carbocycles. The van der Waals surface area contributed by atoms with Gasteiger partial charge in [0.2, 0.25) is 5.91 Å². The van der Waals surface area contributed by atoms with E-state index in [1.54, 1.807) is 30.9 Å². The minimum absolute atomic E-state index is 0.0443. The van der Waals surface area contributed by atoms with Crippen LogP contribution >= 0.6 is 0 Å². The van der Waals surface area contributed by atoms with Crippen LogP contribution in [0, 0.1) is 5.92 Å². The van der Waals surface area contributed by atoms with Crippen LogP contribution in [0.3, 0.4) is 0 Å². The largest absolute Gasteiger partial charge is 0.345 e. The summed E-state index contributed by atoms with van der Waals surface area (Å²) in [6, 6.07) is 11.7. The third-order valence-corrected chi connectivity index (χ3v) is 4.98. The summed E-state index contributed by atoms with van der Waals surface area (Å²) in [5, 5.41) is 3.23. The van der Waals surface area contributed by atoms with E-state index >= 15 is 0 Å². The standard InChI is InChI=1S/C22H24N6O/c29-22(10-9-19-14-23-16-25-19)28-12-4-5-17(15-28)13-18-6-3-8-21(26-18)27-20-7-1-2-11-24-20/h1-3,6-11,14,16-17H,4-5,12-13,15H2,(H,23,25)(H,24,26,27)/b10-9+. The molecule has 7 heteroatoms. The number of H-pyrrole nitrogens is 1. The number of nitrogens with one attached hydrogen (secondary N) is 2. The number of anilines is 2. The van der Waals surface area contributed by atoms with Gasteiger partial charge in [-0.3, -0.25) is 4.79 Å². The number of aromatic nitrogens is 4. The number of rotatable bonds is 6. The summed E-state index contributed by atoms with van der Waals surface area (Å²) in [5.74, 6) is 2.01. The molecule has 1 atom stereocenters. The molecule has 0 aromatic carbocycles. The Hall–Kier alpha value is -3.48. The average molecular weight is 388 g/mol. The minimum atomic E-state index is 0.0443. The second-order valence-electron chi connectivity index (χ2n) is 7.19. The monoisotopic (exact) mass is 388 g/mol. The maximum atomic E-state index is 12.5. The summed E-state index contributed by atoms with van der Waals surface area (Å²) in [4.78, 5) is 30.4. The van der Waals surface area contributed by atoms with Gasteiger partial charge in [0.1, 0.15) is 11.6 Å². The second kappa shape index (κ2) is 9.14. The Morgan fingerprint density at radius 2 is 2.17 bits per heavy atom. The minimum Gasteiger partial charge on any atom is -0.345 e. The lowest BCUT2D eigenvalue weighted by Gasteiger charge is -2.32. The number of carbonyl (C=O) groups excluding carboxylic acids is 1. The van der Waals surface area contributed by atoms with Gasteiger partial charge in [0.25, 0.3) is 0 Å². The first-order chi connectivity index (χ1) is 14.3. The quantitative estimate of drug-likeness (QED) is 0.632. The highest BCUT2D eigenvalue weighted by molar-refractivity contribution is 5.91. The Morgan fingerprint density at radius 3 is 3.00 bits per heavy atom. The Labute approximate surface area is 169 Å². The third-order valence-electron chi connectivity index (χ3n) is 4.98. The molecule has 148 valence electrons. The number of hydrogen-bond donors (Lipinski definition) is 2. The van der Waals surface area contributed by atoms with Crippen molar-refractivity contribution in [2.75, 3.05) is 18.4 Å². The van der Waals surface area contributed by atoms with Gasteiger partial charge in [-0.15, -0.1) is 0 Å². The lowest BCUT2D eigenvalue weighted by molar-refractivity contribution is -0.127. The smallest absolute Gasteiger partial charge is 0.246 e. The predicted molar refractivity (Wildman–Crippen MR) is 112 cm³/mol. The highest BCUT2D eigenvalue weighted by Crippen LogP contribution is 2.22. The molecule has 2 N–H and O–H groups in total. The van der Waals surface area contributed by atoms with Crippen LogP contribution in [-0.2, 0) is 11.2 Å². The summed E-state index contributed by atoms with van der Waals surface area (Å²) in [6.45, 7) is 1.56. The van der Waals surface area contributed by atoms with E-state index in [2.05, 4.69) is 20.3 Å². The van der Waals surface area contributed by atoms with Crippen LogP contribution in [0.2, 0.25) is 0 Å². The molecule has 7 nitrogen and oxygen atoms in total. The van der Waals surface area contributed by atoms with Gasteiger partial charge in [-0.25, -0.2) is 15.0 Å². The van der Waals surface area contributed by atoms with Gasteiger partial charge in [-0.1, -0.05) is 12.1 Å². The van der Waals surface area contributed by atoms with Crippen LogP contribution in [0.25, 0.3) is 6.08 Å². The van der Waals surface area contributed by atoms with E-state index < -0.39 is 0 Å². The number of likely N-dealkylation sites (tertiary alicyclic amines) is 1. The van der Waals surface area contributed by atoms with Gasteiger partial charge in [0.05, 0.1) is 18.2 Å². The summed E-state index contributed by atoms with van der Waals surface area (Å²) < 4.78 is 0. The molecule has 1 amide bonds. The summed E-state index contributed by atoms with van der Waals surface area (Å²) >= 11 is 0. The molecular formula is C22H24N6O. The van der Waals surface area contributed by atoms with E-state index in [9.17, 15) is 4.79 Å². The van der Waals surface area contributed by atoms with E-state index in [4.69, 9.17) is 4.98 Å². The molecule has 1 aliphatic rings. The number of amides is 1. The molecule has 29 heavy (non-hydrogen) atoms. The number of aromatic amines is 1. The molecule has 0 aliphatic carbocycles. The van der Waals surface area contributed by atoms with Gasteiger partial charge in [-0.2, -0.15) is 0 Å². The number of pyridine rings is 2. The van der Waals surface area contributed by atoms with E-state index in [0.717, 1.165) is 55.4 Å². The molecule has 1 saturated heterocycles. The molecule has 1 aliphatic heterocycles. The lowest BCUT2D eigenvalue weighted by atomic mass is 9.93. The van der Waals surface area contributed by atoms with Crippen molar-refractivity contribution in [1.29, 1.82) is 0 Å². The van der Waals surface area contributed by atoms with Crippen LogP contribution in [0.5, 0.6) is 0 Å². The Kier molecular flexibility index (Phi) is 5.95. The summed E-state index contributed by atoms with van der Waals surface area (Å²) in [5.41, 5.74) is 1.85. The molecule has 0 bridgehead atoms. The van der Waals surface area contributed by atoms with Crippen molar-refractivity contribution in [3.63, 3.8) is 0 Å². The highest BCUT2D eigenvalue weighted by atomic mass is 16.2. The zero-order valence-electron chi connectivity index (χ0n) is 16.2. The van der Waals surface area contributed by atoms with Crippen LogP contribution in [-0.4, -0.2) is 43.8 Å². The molecule has 3 aromatic rings. The van der Waals surface area contributed by atoms with Crippen molar-refractivity contribution in [2.45, 2.75) is 19.3 Å². The van der Waals surface area contributed by atoms with Gasteiger partial charge in [0, 0.05) is 31.1 Å². The Balaban J connectivity index is 1.35. The summed E-state index contributed by atoms with van der Waals surface area (Å²) in [6.07, 6.45) is 11.4. The Morgan fingerprint density at radius 1 is 1.24 bits per heavy atom. The van der Waals surface area contributed by atoms with Crippen molar-refractivity contribution in [1.82, 2.24) is 24.8 Å². The number of nitrogens with zero attached hydrogens (tertiary/aromatic N) is 4. The van der Waals surface area contributed by atoms with Crippen LogP contribution in [0.1, 0.15) is 24.2 Å². The normalized spacial score (nSPS) is 16.8. The van der Waals surface area contributed by atoms with E-state index in [1.165, 1.54) is 0 Å². The number of imidazole rings is 1. The topological polar surface area (TPSA) is 86.8 Å². The summed E-state index contributed by atoms with van der Waals surface area (Å²) in [7, 11) is 0. The average Bonchev–Trinajstić information content (AvgIpc) is 3.27. The SMILES string of the molecule is O=C(/C=C/c1cnc[nH]1)N1CCCC(Cc2cccc(Nc3ccccn3)n2)C1. The van der Waals surface area contributed by atoms with E-state index in [1.807, 2.05) is 41.3 Å². The Bertz CT molecular complexity index is 954. The fraction of sp³-hybridized carbons (Fsp3) is 0.273. The van der Waals surface area contributed by atoms with E-state index in [-0.39, 0.29) is 5.91 Å². The van der Waals surface area contributed by atoms with Crippen molar-refractivity contribution >= 4 is 23.6 Å². The van der Waals surface area contributed by atoms with Gasteiger partial charge in [0.15, 0.2) is 0 Å². The third kappa shape index (κ3) is 5.28. The first-order valence-electron chi connectivity index (χ1n) is 9.85. The van der Waals surface area contributed by atoms with Gasteiger partial charge in [-0.05, 0) is 55.5 Å². The van der Waals surface area contributed by atoms with Crippen molar-refractivity contribution in [3.8, 4) is 0 Å². The second-order valence-corrected chi connectivity index (χ2v) is 7.19. The molecular weight excluding hydrogens is 364 g/mol. The fourth-order valence-electron chi connectivity index (χ4n) is 3.58. The van der Waals surface area contributed by atoms with Crippen molar-refractivity contribution in [3.05, 3.63) is 72.6 Å². The molecule has 4 rings (SSSR count). The number of piperidine rings is 1. The van der Waals surface area contributed by atoms with Crippen LogP contribution < -0.4 is 5.32 Å². The number of carbonyl (C=O) groups is 1. The van der Waals surface area contributed by atoms with E-state index in [0.29, 0.717) is 5.92 Å². The molecule has 4 heterocycles. The molecule has 3 aromatic heterocycles. The molecule has 0 radical (unpaired) electrons. The molecule has 1 unspecified atom stereocenters. The van der Waals surface area contributed by atoms with Crippen LogP contribution in [0.4, 0.5) is 11.6 Å². The number of hydrogen-bond acceptors (Lipinski definition) is 5. The van der Waals surface area contributed by atoms with Gasteiger partial charge < -0.3 is 15.2 Å². The van der Waals surface area contributed by atoms with Crippen LogP contribution in [0.15, 0.2) is 61.2 Å². The molecule has 0 spiro atoms. The maximum absolute atomic E-state index is 12.5. The zero-order chi connectivity index (χ0) is 19.9. The first-order valence-corrected chi connectivity index (χ1v) is 9.85. The fourth-order valence-corrected chi connectivity index (χ4v) is 3.58. The van der Waals surface area contributed by atoms with Crippen molar-refractivity contribution in [2.24, 2.45) is 5.92 Å². The zero-order valence-corrected chi connectivity index (χ0v) is 16.2. The lowest BCUT2D eigenvalue weighted by Crippen LogP contribution is -2.39.